The first kappa shape index (κ1) is 13.9. The van der Waals surface area contributed by atoms with E-state index in [4.69, 9.17) is 10.5 Å². The predicted molar refractivity (Wildman–Crippen MR) is 78.6 cm³/mol. The summed E-state index contributed by atoms with van der Waals surface area (Å²) in [6.45, 7) is 0. The van der Waals surface area contributed by atoms with Gasteiger partial charge in [-0.05, 0) is 24.1 Å². The van der Waals surface area contributed by atoms with Gasteiger partial charge in [0.25, 0.3) is 0 Å². The van der Waals surface area contributed by atoms with E-state index in [9.17, 15) is 4.79 Å². The summed E-state index contributed by atoms with van der Waals surface area (Å²) in [5.74, 6) is 0.445. The lowest BCUT2D eigenvalue weighted by molar-refractivity contribution is -0.116. The van der Waals surface area contributed by atoms with Gasteiger partial charge in [0, 0.05) is 18.2 Å². The van der Waals surface area contributed by atoms with Crippen LogP contribution in [0.4, 0.5) is 11.4 Å². The predicted octanol–water partition coefficient (Wildman–Crippen LogP) is 2.24. The molecule has 0 aliphatic rings. The van der Waals surface area contributed by atoms with Crippen molar-refractivity contribution in [1.82, 2.24) is 4.98 Å². The Bertz CT molecular complexity index is 582. The van der Waals surface area contributed by atoms with Gasteiger partial charge in [-0.15, -0.1) is 0 Å². The van der Waals surface area contributed by atoms with Gasteiger partial charge >= 0.3 is 0 Å². The quantitative estimate of drug-likeness (QED) is 0.818. The van der Waals surface area contributed by atoms with E-state index in [0.29, 0.717) is 30.1 Å². The smallest absolute Gasteiger partial charge is 0.224 e. The molecule has 3 N–H and O–H groups in total. The van der Waals surface area contributed by atoms with Crippen molar-refractivity contribution in [3.63, 3.8) is 0 Å². The van der Waals surface area contributed by atoms with Crippen LogP contribution in [0.1, 0.15) is 12.0 Å². The van der Waals surface area contributed by atoms with Crippen LogP contribution in [0.25, 0.3) is 0 Å². The van der Waals surface area contributed by atoms with E-state index in [1.54, 1.807) is 25.4 Å². The zero-order chi connectivity index (χ0) is 14.4. The van der Waals surface area contributed by atoms with Crippen molar-refractivity contribution in [3.8, 4) is 5.88 Å². The van der Waals surface area contributed by atoms with Gasteiger partial charge in [-0.2, -0.15) is 0 Å². The molecule has 1 aromatic carbocycles. The van der Waals surface area contributed by atoms with E-state index >= 15 is 0 Å². The maximum absolute atomic E-state index is 11.8. The number of hydrogen-bond acceptors (Lipinski definition) is 4. The van der Waals surface area contributed by atoms with Gasteiger partial charge in [0.2, 0.25) is 11.8 Å². The molecule has 0 spiro atoms. The first-order valence-electron chi connectivity index (χ1n) is 6.32. The number of nitrogens with two attached hydrogens (primary N) is 1. The number of nitrogens with one attached hydrogen (secondary N) is 1. The van der Waals surface area contributed by atoms with Crippen molar-refractivity contribution >= 4 is 17.3 Å². The summed E-state index contributed by atoms with van der Waals surface area (Å²) >= 11 is 0. The van der Waals surface area contributed by atoms with Gasteiger partial charge in [-0.1, -0.05) is 18.2 Å². The van der Waals surface area contributed by atoms with Crippen LogP contribution in [0, 0.1) is 0 Å². The molecule has 0 radical (unpaired) electrons. The molecule has 2 rings (SSSR count). The maximum Gasteiger partial charge on any atom is 0.224 e. The molecule has 2 aromatic rings. The summed E-state index contributed by atoms with van der Waals surface area (Å²) < 4.78 is 4.95. The Morgan fingerprint density at radius 1 is 1.30 bits per heavy atom. The molecule has 20 heavy (non-hydrogen) atoms. The number of amides is 1. The second-order valence-corrected chi connectivity index (χ2v) is 4.34. The van der Waals surface area contributed by atoms with E-state index in [0.717, 1.165) is 5.56 Å². The molecular weight excluding hydrogens is 254 g/mol. The van der Waals surface area contributed by atoms with Crippen molar-refractivity contribution in [2.24, 2.45) is 0 Å². The number of anilines is 2. The highest BCUT2D eigenvalue weighted by Gasteiger charge is 2.05. The molecule has 0 saturated carbocycles. The van der Waals surface area contributed by atoms with Crippen LogP contribution in [0.15, 0.2) is 42.6 Å². The fourth-order valence-electron chi connectivity index (χ4n) is 1.81. The number of aromatic nitrogens is 1. The summed E-state index contributed by atoms with van der Waals surface area (Å²) in [5, 5.41) is 2.79. The number of aryl methyl sites for hydroxylation is 1. The van der Waals surface area contributed by atoms with Gasteiger partial charge in [0.05, 0.1) is 19.0 Å². The van der Waals surface area contributed by atoms with E-state index in [-0.39, 0.29) is 5.91 Å². The first-order valence-corrected chi connectivity index (χ1v) is 6.32. The number of pyridine rings is 1. The lowest BCUT2D eigenvalue weighted by Crippen LogP contribution is -2.12. The number of benzene rings is 1. The molecule has 0 aliphatic carbocycles. The topological polar surface area (TPSA) is 77.2 Å². The molecule has 1 amide bonds. The van der Waals surface area contributed by atoms with Crippen LogP contribution in [0.5, 0.6) is 5.88 Å². The zero-order valence-corrected chi connectivity index (χ0v) is 11.3. The van der Waals surface area contributed by atoms with Crippen LogP contribution >= 0.6 is 0 Å². The fourth-order valence-corrected chi connectivity index (χ4v) is 1.81. The summed E-state index contributed by atoms with van der Waals surface area (Å²) in [6, 6.07) is 11.0. The Kier molecular flexibility index (Phi) is 4.55. The van der Waals surface area contributed by atoms with Crippen LogP contribution in [-0.2, 0) is 11.2 Å². The lowest BCUT2D eigenvalue weighted by atomic mass is 10.1. The number of carbonyl (C=O) groups is 1. The van der Waals surface area contributed by atoms with Crippen molar-refractivity contribution in [1.29, 1.82) is 0 Å². The Morgan fingerprint density at radius 3 is 2.75 bits per heavy atom. The van der Waals surface area contributed by atoms with E-state index < -0.39 is 0 Å². The van der Waals surface area contributed by atoms with Crippen molar-refractivity contribution < 1.29 is 9.53 Å². The average Bonchev–Trinajstić information content (AvgIpc) is 2.47. The molecule has 5 heteroatoms. The Hall–Kier alpha value is -2.56. The van der Waals surface area contributed by atoms with E-state index in [2.05, 4.69) is 10.3 Å². The Balaban J connectivity index is 1.87. The molecule has 0 unspecified atom stereocenters. The monoisotopic (exact) mass is 271 g/mol. The highest BCUT2D eigenvalue weighted by molar-refractivity contribution is 5.90. The third kappa shape index (κ3) is 3.71. The molecule has 5 nitrogen and oxygen atoms in total. The summed E-state index contributed by atoms with van der Waals surface area (Å²) in [4.78, 5) is 15.9. The van der Waals surface area contributed by atoms with Crippen molar-refractivity contribution in [2.45, 2.75) is 12.8 Å². The summed E-state index contributed by atoms with van der Waals surface area (Å²) in [5.41, 5.74) is 8.18. The van der Waals surface area contributed by atoms with Crippen molar-refractivity contribution in [3.05, 3.63) is 48.2 Å². The first-order chi connectivity index (χ1) is 9.69. The van der Waals surface area contributed by atoms with Gasteiger partial charge in [0.1, 0.15) is 0 Å². The summed E-state index contributed by atoms with van der Waals surface area (Å²) in [7, 11) is 1.55. The molecule has 0 bridgehead atoms. The number of carbonyl (C=O) groups excluding carboxylic acids is 1. The third-order valence-corrected chi connectivity index (χ3v) is 2.91. The van der Waals surface area contributed by atoms with Crippen LogP contribution < -0.4 is 15.8 Å². The van der Waals surface area contributed by atoms with E-state index in [1.807, 2.05) is 24.3 Å². The normalized spacial score (nSPS) is 10.1. The number of rotatable bonds is 5. The van der Waals surface area contributed by atoms with Gasteiger partial charge < -0.3 is 15.8 Å². The van der Waals surface area contributed by atoms with Crippen LogP contribution in [0.3, 0.4) is 0 Å². The molecule has 0 saturated heterocycles. The standard InChI is InChI=1S/C15H17N3O2/c1-20-15-9-7-12(10-17-15)18-14(19)8-6-11-4-2-3-5-13(11)16/h2-5,7,9-10H,6,8,16H2,1H3,(H,18,19). The average molecular weight is 271 g/mol. The minimum absolute atomic E-state index is 0.0692. The van der Waals surface area contributed by atoms with Crippen LogP contribution in [0.2, 0.25) is 0 Å². The Labute approximate surface area is 117 Å². The minimum Gasteiger partial charge on any atom is -0.481 e. The molecule has 1 heterocycles. The number of para-hydroxylation sites is 1. The number of nitrogens with zero attached hydrogens (tertiary/aromatic N) is 1. The third-order valence-electron chi connectivity index (χ3n) is 2.91. The highest BCUT2D eigenvalue weighted by Crippen LogP contribution is 2.14. The summed E-state index contributed by atoms with van der Waals surface area (Å²) in [6.07, 6.45) is 2.55. The zero-order valence-electron chi connectivity index (χ0n) is 11.3. The van der Waals surface area contributed by atoms with Gasteiger partial charge in [-0.25, -0.2) is 4.98 Å². The Morgan fingerprint density at radius 2 is 2.10 bits per heavy atom. The molecular formula is C15H17N3O2. The van der Waals surface area contributed by atoms with E-state index in [1.165, 1.54) is 0 Å². The molecule has 0 atom stereocenters. The molecule has 1 aromatic heterocycles. The lowest BCUT2D eigenvalue weighted by Gasteiger charge is -2.07. The number of nitrogen functional groups attached to an aromatic ring is 1. The van der Waals surface area contributed by atoms with Crippen molar-refractivity contribution in [2.75, 3.05) is 18.2 Å². The highest BCUT2D eigenvalue weighted by atomic mass is 16.5. The molecule has 0 fully saturated rings. The van der Waals surface area contributed by atoms with Gasteiger partial charge in [0.15, 0.2) is 0 Å². The molecule has 104 valence electrons. The van der Waals surface area contributed by atoms with Gasteiger partial charge in [-0.3, -0.25) is 4.79 Å². The number of hydrogen-bond donors (Lipinski definition) is 2. The fraction of sp³-hybridized carbons (Fsp3) is 0.200. The largest absolute Gasteiger partial charge is 0.481 e. The second-order valence-electron chi connectivity index (χ2n) is 4.34. The molecule has 0 aliphatic heterocycles. The maximum atomic E-state index is 11.8. The number of methoxy groups -OCH3 is 1. The SMILES string of the molecule is COc1ccc(NC(=O)CCc2ccccc2N)cn1. The number of ether oxygens (including phenoxy) is 1. The minimum atomic E-state index is -0.0692. The second kappa shape index (κ2) is 6.56. The van der Waals surface area contributed by atoms with Crippen LogP contribution in [-0.4, -0.2) is 18.0 Å².